The number of ether oxygens (including phenoxy) is 1. The number of hydrogen-bond donors (Lipinski definition) is 1. The Morgan fingerprint density at radius 3 is 2.85 bits per heavy atom. The summed E-state index contributed by atoms with van der Waals surface area (Å²) in [5.41, 5.74) is 1.00. The summed E-state index contributed by atoms with van der Waals surface area (Å²) in [4.78, 5) is 15.5. The van der Waals surface area contributed by atoms with Crippen molar-refractivity contribution >= 4 is 22.7 Å². The van der Waals surface area contributed by atoms with Gasteiger partial charge in [-0.2, -0.15) is 0 Å². The van der Waals surface area contributed by atoms with Gasteiger partial charge in [-0.1, -0.05) is 24.6 Å². The van der Waals surface area contributed by atoms with Crippen LogP contribution in [0.4, 0.5) is 5.82 Å². The highest BCUT2D eigenvalue weighted by Gasteiger charge is 2.00. The summed E-state index contributed by atoms with van der Waals surface area (Å²) in [6, 6.07) is 12.1. The van der Waals surface area contributed by atoms with Crippen LogP contribution in [0.5, 0.6) is 0 Å². The van der Waals surface area contributed by atoms with Crippen LogP contribution in [0, 0.1) is 0 Å². The van der Waals surface area contributed by atoms with Gasteiger partial charge in [-0.15, -0.1) is 0 Å². The summed E-state index contributed by atoms with van der Waals surface area (Å²) >= 11 is 0. The van der Waals surface area contributed by atoms with Gasteiger partial charge in [0.05, 0.1) is 12.6 Å². The number of para-hydroxylation sites is 1. The largest absolute Gasteiger partial charge is 0.469 e. The van der Waals surface area contributed by atoms with Crippen LogP contribution >= 0.6 is 0 Å². The van der Waals surface area contributed by atoms with E-state index >= 15 is 0 Å². The van der Waals surface area contributed by atoms with E-state index in [9.17, 15) is 4.79 Å². The fraction of sp³-hybridized carbons (Fsp3) is 0.375. The molecule has 0 spiro atoms. The van der Waals surface area contributed by atoms with E-state index in [1.54, 1.807) is 0 Å². The highest BCUT2D eigenvalue weighted by atomic mass is 16.5. The fourth-order valence-electron chi connectivity index (χ4n) is 2.05. The van der Waals surface area contributed by atoms with E-state index in [1.807, 2.05) is 24.3 Å². The Kier molecular flexibility index (Phi) is 5.35. The second-order valence-electron chi connectivity index (χ2n) is 4.70. The molecule has 0 radical (unpaired) electrons. The lowest BCUT2D eigenvalue weighted by Gasteiger charge is -2.06. The first kappa shape index (κ1) is 14.3. The van der Waals surface area contributed by atoms with Crippen LogP contribution in [0.2, 0.25) is 0 Å². The van der Waals surface area contributed by atoms with E-state index < -0.39 is 0 Å². The van der Waals surface area contributed by atoms with Crippen molar-refractivity contribution in [3.63, 3.8) is 0 Å². The Balaban J connectivity index is 1.72. The Bertz CT molecular complexity index is 569. The third kappa shape index (κ3) is 4.23. The first-order chi connectivity index (χ1) is 9.79. The summed E-state index contributed by atoms with van der Waals surface area (Å²) in [7, 11) is 1.43. The van der Waals surface area contributed by atoms with E-state index in [2.05, 4.69) is 27.2 Å². The van der Waals surface area contributed by atoms with Crippen molar-refractivity contribution < 1.29 is 9.53 Å². The van der Waals surface area contributed by atoms with Crippen LogP contribution in [-0.2, 0) is 9.53 Å². The van der Waals surface area contributed by atoms with Gasteiger partial charge in [0, 0.05) is 18.4 Å². The number of nitrogens with zero attached hydrogens (tertiary/aromatic N) is 1. The molecule has 4 nitrogen and oxygen atoms in total. The van der Waals surface area contributed by atoms with Crippen molar-refractivity contribution in [3.05, 3.63) is 36.4 Å². The van der Waals surface area contributed by atoms with E-state index in [1.165, 1.54) is 7.11 Å². The summed E-state index contributed by atoms with van der Waals surface area (Å²) < 4.78 is 4.60. The number of anilines is 1. The molecule has 0 bridgehead atoms. The fourth-order valence-corrected chi connectivity index (χ4v) is 2.05. The highest BCUT2D eigenvalue weighted by molar-refractivity contribution is 5.80. The minimum atomic E-state index is -0.130. The average Bonchev–Trinajstić information content (AvgIpc) is 2.50. The molecule has 1 heterocycles. The molecule has 4 heteroatoms. The molecule has 106 valence electrons. The summed E-state index contributed by atoms with van der Waals surface area (Å²) in [6.45, 7) is 0.868. The number of carbonyl (C=O) groups is 1. The zero-order chi connectivity index (χ0) is 14.2. The molecule has 0 aliphatic rings. The number of rotatable bonds is 7. The Morgan fingerprint density at radius 1 is 1.15 bits per heavy atom. The Morgan fingerprint density at radius 2 is 2.00 bits per heavy atom. The number of carbonyl (C=O) groups excluding carboxylic acids is 1. The maximum atomic E-state index is 10.9. The second kappa shape index (κ2) is 7.48. The maximum Gasteiger partial charge on any atom is 0.305 e. The number of methoxy groups -OCH3 is 1. The number of esters is 1. The molecule has 0 aliphatic carbocycles. The number of pyridine rings is 1. The number of fused-ring (bicyclic) bond motifs is 1. The lowest BCUT2D eigenvalue weighted by Crippen LogP contribution is -2.04. The molecular formula is C16H20N2O2. The third-order valence-electron chi connectivity index (χ3n) is 3.19. The minimum absolute atomic E-state index is 0.130. The Labute approximate surface area is 119 Å². The molecule has 1 aromatic carbocycles. The smallest absolute Gasteiger partial charge is 0.305 e. The van der Waals surface area contributed by atoms with Crippen LogP contribution in [-0.4, -0.2) is 24.6 Å². The molecule has 20 heavy (non-hydrogen) atoms. The van der Waals surface area contributed by atoms with Gasteiger partial charge in [0.15, 0.2) is 0 Å². The molecule has 1 N–H and O–H groups in total. The van der Waals surface area contributed by atoms with Gasteiger partial charge in [0.2, 0.25) is 0 Å². The SMILES string of the molecule is COC(=O)CCCCCNc1ccc2ccccc2n1. The van der Waals surface area contributed by atoms with Crippen LogP contribution in [0.1, 0.15) is 25.7 Å². The third-order valence-corrected chi connectivity index (χ3v) is 3.19. The van der Waals surface area contributed by atoms with Crippen molar-refractivity contribution in [3.8, 4) is 0 Å². The van der Waals surface area contributed by atoms with Gasteiger partial charge in [0.1, 0.15) is 5.82 Å². The van der Waals surface area contributed by atoms with Crippen LogP contribution in [0.3, 0.4) is 0 Å². The van der Waals surface area contributed by atoms with E-state index in [0.717, 1.165) is 42.5 Å². The average molecular weight is 272 g/mol. The van der Waals surface area contributed by atoms with Gasteiger partial charge < -0.3 is 10.1 Å². The number of nitrogens with one attached hydrogen (secondary N) is 1. The predicted molar refractivity (Wildman–Crippen MR) is 80.7 cm³/mol. The predicted octanol–water partition coefficient (Wildman–Crippen LogP) is 3.38. The van der Waals surface area contributed by atoms with Gasteiger partial charge in [-0.3, -0.25) is 4.79 Å². The van der Waals surface area contributed by atoms with Crippen LogP contribution in [0.15, 0.2) is 36.4 Å². The molecule has 0 saturated carbocycles. The normalized spacial score (nSPS) is 10.4. The van der Waals surface area contributed by atoms with Gasteiger partial charge in [0.25, 0.3) is 0 Å². The van der Waals surface area contributed by atoms with E-state index in [0.29, 0.717) is 6.42 Å². The molecule has 0 aliphatic heterocycles. The van der Waals surface area contributed by atoms with Crippen molar-refractivity contribution in [1.82, 2.24) is 4.98 Å². The molecule has 0 unspecified atom stereocenters. The highest BCUT2D eigenvalue weighted by Crippen LogP contribution is 2.14. The standard InChI is InChI=1S/C16H20N2O2/c1-20-16(19)9-3-2-6-12-17-15-11-10-13-7-4-5-8-14(13)18-15/h4-5,7-8,10-11H,2-3,6,9,12H2,1H3,(H,17,18). The maximum absolute atomic E-state index is 10.9. The molecule has 0 fully saturated rings. The summed E-state index contributed by atoms with van der Waals surface area (Å²) in [5.74, 6) is 0.769. The molecule has 0 atom stereocenters. The zero-order valence-electron chi connectivity index (χ0n) is 11.8. The first-order valence-corrected chi connectivity index (χ1v) is 6.96. The van der Waals surface area contributed by atoms with Crippen molar-refractivity contribution in [1.29, 1.82) is 0 Å². The monoisotopic (exact) mass is 272 g/mol. The van der Waals surface area contributed by atoms with Crippen molar-refractivity contribution in [2.75, 3.05) is 19.0 Å². The van der Waals surface area contributed by atoms with Crippen LogP contribution < -0.4 is 5.32 Å². The van der Waals surface area contributed by atoms with Crippen molar-refractivity contribution in [2.45, 2.75) is 25.7 Å². The van der Waals surface area contributed by atoms with Crippen molar-refractivity contribution in [2.24, 2.45) is 0 Å². The minimum Gasteiger partial charge on any atom is -0.469 e. The molecule has 1 aromatic heterocycles. The molecule has 0 saturated heterocycles. The molecular weight excluding hydrogens is 252 g/mol. The van der Waals surface area contributed by atoms with Gasteiger partial charge >= 0.3 is 5.97 Å². The van der Waals surface area contributed by atoms with E-state index in [-0.39, 0.29) is 5.97 Å². The number of hydrogen-bond acceptors (Lipinski definition) is 4. The number of benzene rings is 1. The lowest BCUT2D eigenvalue weighted by molar-refractivity contribution is -0.140. The van der Waals surface area contributed by atoms with Crippen LogP contribution in [0.25, 0.3) is 10.9 Å². The Hall–Kier alpha value is -2.10. The second-order valence-corrected chi connectivity index (χ2v) is 4.70. The van der Waals surface area contributed by atoms with Gasteiger partial charge in [-0.05, 0) is 31.0 Å². The summed E-state index contributed by atoms with van der Waals surface area (Å²) in [5, 5.41) is 4.46. The molecule has 2 rings (SSSR count). The zero-order valence-corrected chi connectivity index (χ0v) is 11.8. The molecule has 2 aromatic rings. The molecule has 0 amide bonds. The lowest BCUT2D eigenvalue weighted by atomic mass is 10.2. The summed E-state index contributed by atoms with van der Waals surface area (Å²) in [6.07, 6.45) is 3.41. The topological polar surface area (TPSA) is 51.2 Å². The first-order valence-electron chi connectivity index (χ1n) is 6.96. The number of unbranched alkanes of at least 4 members (excludes halogenated alkanes) is 2. The van der Waals surface area contributed by atoms with Gasteiger partial charge in [-0.25, -0.2) is 4.98 Å². The van der Waals surface area contributed by atoms with E-state index in [4.69, 9.17) is 0 Å². The quantitative estimate of drug-likeness (QED) is 0.620. The number of aromatic nitrogens is 1.